The molecule has 14 heavy (non-hydrogen) atoms. The summed E-state index contributed by atoms with van der Waals surface area (Å²) in [5.74, 6) is 0. The fourth-order valence-corrected chi connectivity index (χ4v) is 1.62. The number of hydrogen-bond donors (Lipinski definition) is 2. The zero-order valence-corrected chi connectivity index (χ0v) is 7.49. The summed E-state index contributed by atoms with van der Waals surface area (Å²) in [6.45, 7) is 0. The molecule has 1 aromatic carbocycles. The first kappa shape index (κ1) is 7.38. The molecule has 3 heteroatoms. The summed E-state index contributed by atoms with van der Waals surface area (Å²) < 4.78 is 0. The molecule has 0 spiro atoms. The van der Waals surface area contributed by atoms with E-state index in [1.807, 2.05) is 24.4 Å². The number of hydrogen-bond acceptors (Lipinski definition) is 1. The van der Waals surface area contributed by atoms with Crippen molar-refractivity contribution in [1.82, 2.24) is 15.2 Å². The third kappa shape index (κ3) is 1.03. The first-order valence-corrected chi connectivity index (χ1v) is 4.51. The lowest BCUT2D eigenvalue weighted by Gasteiger charge is -1.87. The summed E-state index contributed by atoms with van der Waals surface area (Å²) in [4.78, 5) is 3.32. The number of para-hydroxylation sites is 1. The minimum Gasteiger partial charge on any atom is -0.353 e. The molecule has 0 unspecified atom stereocenters. The molecule has 0 radical (unpaired) electrons. The van der Waals surface area contributed by atoms with Gasteiger partial charge in [-0.1, -0.05) is 18.2 Å². The van der Waals surface area contributed by atoms with Crippen molar-refractivity contribution < 1.29 is 0 Å². The number of aromatic amines is 2. The Kier molecular flexibility index (Phi) is 1.44. The Hall–Kier alpha value is -2.03. The van der Waals surface area contributed by atoms with Gasteiger partial charge < -0.3 is 4.98 Å². The third-order valence-corrected chi connectivity index (χ3v) is 2.31. The number of fused-ring (bicyclic) bond motifs is 1. The molecule has 68 valence electrons. The SMILES string of the molecule is c1ccc2[nH]c(-c3cc[nH]n3)cc2c1. The van der Waals surface area contributed by atoms with Crippen LogP contribution in [0.3, 0.4) is 0 Å². The minimum atomic E-state index is 0.946. The highest BCUT2D eigenvalue weighted by atomic mass is 15.1. The maximum Gasteiger partial charge on any atom is 0.108 e. The second kappa shape index (κ2) is 2.73. The van der Waals surface area contributed by atoms with E-state index in [9.17, 15) is 0 Å². The molecule has 0 aliphatic heterocycles. The smallest absolute Gasteiger partial charge is 0.108 e. The Bertz CT molecular complexity index is 516. The van der Waals surface area contributed by atoms with Gasteiger partial charge in [0.25, 0.3) is 0 Å². The minimum absolute atomic E-state index is 0.946. The van der Waals surface area contributed by atoms with Crippen molar-refractivity contribution >= 4 is 10.9 Å². The van der Waals surface area contributed by atoms with Crippen LogP contribution in [0.2, 0.25) is 0 Å². The van der Waals surface area contributed by atoms with Crippen LogP contribution in [0, 0.1) is 0 Å². The molecule has 0 amide bonds. The monoisotopic (exact) mass is 183 g/mol. The van der Waals surface area contributed by atoms with Crippen LogP contribution < -0.4 is 0 Å². The molecule has 3 rings (SSSR count). The molecule has 2 heterocycles. The van der Waals surface area contributed by atoms with E-state index in [1.165, 1.54) is 5.39 Å². The Balaban J connectivity index is 2.24. The van der Waals surface area contributed by atoms with Gasteiger partial charge in [0.1, 0.15) is 5.69 Å². The molecular formula is C11H9N3. The van der Waals surface area contributed by atoms with E-state index in [1.54, 1.807) is 0 Å². The quantitative estimate of drug-likeness (QED) is 0.598. The second-order valence-electron chi connectivity index (χ2n) is 3.23. The van der Waals surface area contributed by atoms with Gasteiger partial charge in [0.05, 0.1) is 5.69 Å². The lowest BCUT2D eigenvalue weighted by molar-refractivity contribution is 1.09. The molecule has 2 aromatic heterocycles. The van der Waals surface area contributed by atoms with Gasteiger partial charge >= 0.3 is 0 Å². The summed E-state index contributed by atoms with van der Waals surface area (Å²) >= 11 is 0. The van der Waals surface area contributed by atoms with Crippen LogP contribution in [-0.2, 0) is 0 Å². The van der Waals surface area contributed by atoms with Gasteiger partial charge in [0.15, 0.2) is 0 Å². The topological polar surface area (TPSA) is 44.5 Å². The van der Waals surface area contributed by atoms with Gasteiger partial charge in [-0.05, 0) is 18.2 Å². The zero-order valence-electron chi connectivity index (χ0n) is 7.49. The van der Waals surface area contributed by atoms with E-state index < -0.39 is 0 Å². The van der Waals surface area contributed by atoms with Gasteiger partial charge in [-0.2, -0.15) is 5.10 Å². The maximum atomic E-state index is 4.13. The van der Waals surface area contributed by atoms with E-state index in [0.29, 0.717) is 0 Å². The summed E-state index contributed by atoms with van der Waals surface area (Å²) in [5.41, 5.74) is 3.14. The van der Waals surface area contributed by atoms with E-state index in [-0.39, 0.29) is 0 Å². The van der Waals surface area contributed by atoms with Gasteiger partial charge in [0, 0.05) is 17.1 Å². The van der Waals surface area contributed by atoms with Crippen LogP contribution in [0.5, 0.6) is 0 Å². The summed E-state index contributed by atoms with van der Waals surface area (Å²) in [6.07, 6.45) is 1.82. The lowest BCUT2D eigenvalue weighted by Crippen LogP contribution is -1.75. The zero-order chi connectivity index (χ0) is 9.38. The van der Waals surface area contributed by atoms with Crippen molar-refractivity contribution in [3.63, 3.8) is 0 Å². The van der Waals surface area contributed by atoms with Crippen molar-refractivity contribution in [3.05, 3.63) is 42.6 Å². The highest BCUT2D eigenvalue weighted by Gasteiger charge is 2.03. The van der Waals surface area contributed by atoms with E-state index in [4.69, 9.17) is 0 Å². The van der Waals surface area contributed by atoms with Crippen LogP contribution in [0.15, 0.2) is 42.6 Å². The molecule has 0 bridgehead atoms. The largest absolute Gasteiger partial charge is 0.353 e. The number of H-pyrrole nitrogens is 2. The lowest BCUT2D eigenvalue weighted by atomic mass is 10.2. The van der Waals surface area contributed by atoms with Crippen molar-refractivity contribution in [3.8, 4) is 11.4 Å². The van der Waals surface area contributed by atoms with Gasteiger partial charge in [0.2, 0.25) is 0 Å². The molecule has 0 atom stereocenters. The summed E-state index contributed by atoms with van der Waals surface area (Å²) in [7, 11) is 0. The first-order chi connectivity index (χ1) is 6.93. The van der Waals surface area contributed by atoms with Crippen LogP contribution in [0.1, 0.15) is 0 Å². The molecule has 2 N–H and O–H groups in total. The summed E-state index contributed by atoms with van der Waals surface area (Å²) in [6, 6.07) is 12.3. The number of nitrogens with zero attached hydrogens (tertiary/aromatic N) is 1. The molecule has 0 aliphatic carbocycles. The highest BCUT2D eigenvalue weighted by molar-refractivity contribution is 5.84. The highest BCUT2D eigenvalue weighted by Crippen LogP contribution is 2.21. The van der Waals surface area contributed by atoms with Gasteiger partial charge in [-0.15, -0.1) is 0 Å². The number of benzene rings is 1. The second-order valence-corrected chi connectivity index (χ2v) is 3.23. The van der Waals surface area contributed by atoms with Crippen LogP contribution in [-0.4, -0.2) is 15.2 Å². The molecule has 0 fully saturated rings. The van der Waals surface area contributed by atoms with Crippen molar-refractivity contribution in [2.24, 2.45) is 0 Å². The Morgan fingerprint density at radius 2 is 2.00 bits per heavy atom. The average Bonchev–Trinajstić information content (AvgIpc) is 2.86. The molecular weight excluding hydrogens is 174 g/mol. The molecule has 0 aliphatic rings. The van der Waals surface area contributed by atoms with Crippen LogP contribution in [0.25, 0.3) is 22.3 Å². The Labute approximate surface area is 80.8 Å². The predicted octanol–water partition coefficient (Wildman–Crippen LogP) is 2.56. The predicted molar refractivity (Wildman–Crippen MR) is 55.9 cm³/mol. The molecule has 0 saturated heterocycles. The molecule has 3 nitrogen and oxygen atoms in total. The van der Waals surface area contributed by atoms with E-state index in [2.05, 4.69) is 33.4 Å². The maximum absolute atomic E-state index is 4.13. The summed E-state index contributed by atoms with van der Waals surface area (Å²) in [5, 5.41) is 8.14. The molecule has 0 saturated carbocycles. The number of nitrogens with one attached hydrogen (secondary N) is 2. The van der Waals surface area contributed by atoms with Crippen molar-refractivity contribution in [2.45, 2.75) is 0 Å². The van der Waals surface area contributed by atoms with Crippen LogP contribution in [0.4, 0.5) is 0 Å². The van der Waals surface area contributed by atoms with Gasteiger partial charge in [-0.3, -0.25) is 5.10 Å². The number of aromatic nitrogens is 3. The van der Waals surface area contributed by atoms with Crippen molar-refractivity contribution in [2.75, 3.05) is 0 Å². The van der Waals surface area contributed by atoms with E-state index >= 15 is 0 Å². The Morgan fingerprint density at radius 1 is 1.07 bits per heavy atom. The standard InChI is InChI=1S/C11H9N3/c1-2-4-9-8(3-1)7-11(13-9)10-5-6-12-14-10/h1-7,13H,(H,12,14). The Morgan fingerprint density at radius 3 is 2.79 bits per heavy atom. The fourth-order valence-electron chi connectivity index (χ4n) is 1.62. The number of rotatable bonds is 1. The van der Waals surface area contributed by atoms with Crippen LogP contribution >= 0.6 is 0 Å². The normalized spacial score (nSPS) is 10.9. The fraction of sp³-hybridized carbons (Fsp3) is 0. The third-order valence-electron chi connectivity index (χ3n) is 2.31. The average molecular weight is 183 g/mol. The van der Waals surface area contributed by atoms with Gasteiger partial charge in [-0.25, -0.2) is 0 Å². The van der Waals surface area contributed by atoms with E-state index in [0.717, 1.165) is 16.9 Å². The molecule has 3 aromatic rings. The van der Waals surface area contributed by atoms with Crippen molar-refractivity contribution in [1.29, 1.82) is 0 Å². The first-order valence-electron chi connectivity index (χ1n) is 4.51.